The Bertz CT molecular complexity index is 461. The minimum absolute atomic E-state index is 0.253. The summed E-state index contributed by atoms with van der Waals surface area (Å²) in [4.78, 5) is 2.37. The molecule has 0 saturated heterocycles. The fraction of sp³-hybridized carbons (Fsp3) is 0.562. The summed E-state index contributed by atoms with van der Waals surface area (Å²) in [6, 6.07) is 8.40. The van der Waals surface area contributed by atoms with Crippen LogP contribution in [0.5, 0.6) is 11.5 Å². The van der Waals surface area contributed by atoms with Gasteiger partial charge in [0.2, 0.25) is 0 Å². The monoisotopic (exact) mass is 291 g/mol. The molecule has 1 aromatic carbocycles. The summed E-state index contributed by atoms with van der Waals surface area (Å²) in [7, 11) is 0. The minimum atomic E-state index is 0.253. The molecule has 5 nitrogen and oxygen atoms in total. The van der Waals surface area contributed by atoms with Gasteiger partial charge in [0.15, 0.2) is 11.5 Å². The van der Waals surface area contributed by atoms with Crippen molar-refractivity contribution >= 4 is 5.84 Å². The van der Waals surface area contributed by atoms with Crippen LogP contribution in [0.2, 0.25) is 0 Å². The second-order valence-corrected chi connectivity index (χ2v) is 5.27. The quantitative estimate of drug-likeness (QED) is 0.512. The first-order chi connectivity index (χ1) is 10.2. The first-order valence-electron chi connectivity index (χ1n) is 7.62. The van der Waals surface area contributed by atoms with Crippen molar-refractivity contribution in [3.63, 3.8) is 0 Å². The Morgan fingerprint density at radius 2 is 1.90 bits per heavy atom. The number of amidine groups is 1. The number of hydrogen-bond donors (Lipinski definition) is 2. The lowest BCUT2D eigenvalue weighted by Gasteiger charge is -2.22. The molecule has 0 amide bonds. The summed E-state index contributed by atoms with van der Waals surface area (Å²) in [5.74, 6) is 1.84. The second-order valence-electron chi connectivity index (χ2n) is 5.27. The number of nitrogens with two attached hydrogens (primary N) is 1. The average Bonchev–Trinajstić information content (AvgIpc) is 3.29. The molecule has 116 valence electrons. The van der Waals surface area contributed by atoms with Crippen LogP contribution in [-0.2, 0) is 0 Å². The Labute approximate surface area is 126 Å². The summed E-state index contributed by atoms with van der Waals surface area (Å²) in [6.07, 6.45) is 3.12. The SMILES string of the molecule is CCOc1ccccc1OCCN(CCC(=N)N)C1CC1. The molecule has 0 atom stereocenters. The van der Waals surface area contributed by atoms with Crippen LogP contribution >= 0.6 is 0 Å². The minimum Gasteiger partial charge on any atom is -0.490 e. The van der Waals surface area contributed by atoms with E-state index in [4.69, 9.17) is 20.6 Å². The van der Waals surface area contributed by atoms with Crippen LogP contribution in [0.3, 0.4) is 0 Å². The molecule has 2 rings (SSSR count). The fourth-order valence-corrected chi connectivity index (χ4v) is 2.30. The first kappa shape index (κ1) is 15.6. The predicted octanol–water partition coefficient (Wildman–Crippen LogP) is 2.25. The van der Waals surface area contributed by atoms with Crippen molar-refractivity contribution in [3.05, 3.63) is 24.3 Å². The third-order valence-corrected chi connectivity index (χ3v) is 3.52. The largest absolute Gasteiger partial charge is 0.490 e. The summed E-state index contributed by atoms with van der Waals surface area (Å²) in [5.41, 5.74) is 5.44. The summed E-state index contributed by atoms with van der Waals surface area (Å²) < 4.78 is 11.4. The van der Waals surface area contributed by atoms with Crippen molar-refractivity contribution in [1.29, 1.82) is 5.41 Å². The highest BCUT2D eigenvalue weighted by Crippen LogP contribution is 2.28. The summed E-state index contributed by atoms with van der Waals surface area (Å²) in [5, 5.41) is 7.34. The molecule has 3 N–H and O–H groups in total. The third kappa shape index (κ3) is 5.27. The molecule has 1 fully saturated rings. The Balaban J connectivity index is 1.80. The van der Waals surface area contributed by atoms with Crippen molar-refractivity contribution in [2.24, 2.45) is 5.73 Å². The van der Waals surface area contributed by atoms with Crippen LogP contribution in [-0.4, -0.2) is 43.1 Å². The Morgan fingerprint density at radius 3 is 2.48 bits per heavy atom. The lowest BCUT2D eigenvalue weighted by Crippen LogP contribution is -2.33. The second kappa shape index (κ2) is 7.88. The first-order valence-corrected chi connectivity index (χ1v) is 7.62. The van der Waals surface area contributed by atoms with Gasteiger partial charge < -0.3 is 15.2 Å². The number of nitrogens with zero attached hydrogens (tertiary/aromatic N) is 1. The molecule has 0 heterocycles. The van der Waals surface area contributed by atoms with Gasteiger partial charge >= 0.3 is 0 Å². The highest BCUT2D eigenvalue weighted by Gasteiger charge is 2.28. The highest BCUT2D eigenvalue weighted by molar-refractivity contribution is 5.76. The van der Waals surface area contributed by atoms with Gasteiger partial charge in [0, 0.05) is 25.6 Å². The van der Waals surface area contributed by atoms with Crippen LogP contribution in [0.4, 0.5) is 0 Å². The van der Waals surface area contributed by atoms with Crippen LogP contribution in [0, 0.1) is 5.41 Å². The maximum Gasteiger partial charge on any atom is 0.161 e. The van der Waals surface area contributed by atoms with Crippen molar-refractivity contribution in [2.75, 3.05) is 26.3 Å². The van der Waals surface area contributed by atoms with E-state index in [-0.39, 0.29) is 5.84 Å². The number of rotatable bonds is 10. The Hall–Kier alpha value is -1.75. The van der Waals surface area contributed by atoms with Crippen LogP contribution in [0.15, 0.2) is 24.3 Å². The van der Waals surface area contributed by atoms with Crippen LogP contribution in [0.25, 0.3) is 0 Å². The third-order valence-electron chi connectivity index (χ3n) is 3.52. The van der Waals surface area contributed by atoms with E-state index in [1.54, 1.807) is 0 Å². The molecule has 0 radical (unpaired) electrons. The highest BCUT2D eigenvalue weighted by atomic mass is 16.5. The molecular formula is C16H25N3O2. The van der Waals surface area contributed by atoms with Crippen molar-refractivity contribution in [3.8, 4) is 11.5 Å². The molecule has 21 heavy (non-hydrogen) atoms. The molecule has 0 bridgehead atoms. The van der Waals surface area contributed by atoms with Gasteiger partial charge in [0.05, 0.1) is 12.4 Å². The molecule has 1 aliphatic carbocycles. The topological polar surface area (TPSA) is 71.6 Å². The average molecular weight is 291 g/mol. The molecule has 0 spiro atoms. The lowest BCUT2D eigenvalue weighted by molar-refractivity contribution is 0.199. The van der Waals surface area contributed by atoms with Crippen LogP contribution in [0.1, 0.15) is 26.2 Å². The van der Waals surface area contributed by atoms with Gasteiger partial charge in [-0.15, -0.1) is 0 Å². The fourth-order valence-electron chi connectivity index (χ4n) is 2.30. The number of para-hydroxylation sites is 2. The van der Waals surface area contributed by atoms with E-state index < -0.39 is 0 Å². The zero-order chi connectivity index (χ0) is 15.1. The molecule has 1 saturated carbocycles. The van der Waals surface area contributed by atoms with E-state index in [9.17, 15) is 0 Å². The van der Waals surface area contributed by atoms with Gasteiger partial charge in [-0.25, -0.2) is 0 Å². The van der Waals surface area contributed by atoms with Gasteiger partial charge in [-0.05, 0) is 31.9 Å². The maximum atomic E-state index is 7.34. The molecule has 0 aromatic heterocycles. The molecule has 0 unspecified atom stereocenters. The van der Waals surface area contributed by atoms with E-state index in [1.807, 2.05) is 31.2 Å². The molecule has 0 aliphatic heterocycles. The molecule has 5 heteroatoms. The molecular weight excluding hydrogens is 266 g/mol. The van der Waals surface area contributed by atoms with Crippen molar-refractivity contribution in [1.82, 2.24) is 4.90 Å². The van der Waals surface area contributed by atoms with Crippen molar-refractivity contribution in [2.45, 2.75) is 32.2 Å². The summed E-state index contributed by atoms with van der Waals surface area (Å²) in [6.45, 7) is 4.92. The normalized spacial score (nSPS) is 14.2. The summed E-state index contributed by atoms with van der Waals surface area (Å²) >= 11 is 0. The Morgan fingerprint density at radius 1 is 1.24 bits per heavy atom. The van der Waals surface area contributed by atoms with E-state index in [0.29, 0.717) is 25.7 Å². The standard InChI is InChI=1S/C16H25N3O2/c1-2-20-14-5-3-4-6-15(14)21-12-11-19(13-7-8-13)10-9-16(17)18/h3-6,13H,2,7-12H2,1H3,(H3,17,18). The zero-order valence-electron chi connectivity index (χ0n) is 12.7. The predicted molar refractivity (Wildman–Crippen MR) is 84.2 cm³/mol. The van der Waals surface area contributed by atoms with Gasteiger partial charge in [0.25, 0.3) is 0 Å². The van der Waals surface area contributed by atoms with Gasteiger partial charge in [-0.2, -0.15) is 0 Å². The van der Waals surface area contributed by atoms with E-state index >= 15 is 0 Å². The lowest BCUT2D eigenvalue weighted by atomic mass is 10.3. The zero-order valence-corrected chi connectivity index (χ0v) is 12.7. The van der Waals surface area contributed by atoms with Crippen LogP contribution < -0.4 is 15.2 Å². The molecule has 1 aromatic rings. The molecule has 1 aliphatic rings. The van der Waals surface area contributed by atoms with Gasteiger partial charge in [-0.1, -0.05) is 12.1 Å². The number of hydrogen-bond acceptors (Lipinski definition) is 4. The Kier molecular flexibility index (Phi) is 5.87. The van der Waals surface area contributed by atoms with Crippen molar-refractivity contribution < 1.29 is 9.47 Å². The van der Waals surface area contributed by atoms with Gasteiger partial charge in [-0.3, -0.25) is 10.3 Å². The maximum absolute atomic E-state index is 7.34. The van der Waals surface area contributed by atoms with E-state index in [0.717, 1.165) is 24.6 Å². The smallest absolute Gasteiger partial charge is 0.161 e. The number of ether oxygens (including phenoxy) is 2. The van der Waals surface area contributed by atoms with Gasteiger partial charge in [0.1, 0.15) is 6.61 Å². The number of benzene rings is 1. The van der Waals surface area contributed by atoms with E-state index in [2.05, 4.69) is 4.90 Å². The van der Waals surface area contributed by atoms with E-state index in [1.165, 1.54) is 12.8 Å². The number of nitrogens with one attached hydrogen (secondary N) is 1.